The van der Waals surface area contributed by atoms with Crippen LogP contribution in [-0.4, -0.2) is 30.5 Å². The molecule has 1 aromatic rings. The molecule has 1 aliphatic heterocycles. The van der Waals surface area contributed by atoms with Crippen molar-refractivity contribution in [3.05, 3.63) is 35.4 Å². The van der Waals surface area contributed by atoms with Gasteiger partial charge in [0.05, 0.1) is 4.58 Å². The maximum Gasteiger partial charge on any atom is 0.251 e. The van der Waals surface area contributed by atoms with Crippen LogP contribution in [0.1, 0.15) is 20.5 Å². The average Bonchev–Trinajstić information content (AvgIpc) is 2.90. The molecule has 92 valence electrons. The molecule has 0 saturated carbocycles. The number of amides is 1. The zero-order valence-electron chi connectivity index (χ0n) is 9.52. The fraction of sp³-hybridized carbons (Fsp3) is 0.417. The maximum absolute atomic E-state index is 11.7. The molecule has 1 fully saturated rings. The summed E-state index contributed by atoms with van der Waals surface area (Å²) in [4.78, 5) is 11.7. The predicted molar refractivity (Wildman–Crippen MR) is 75.5 cm³/mol. The Morgan fingerprint density at radius 3 is 2.53 bits per heavy atom. The summed E-state index contributed by atoms with van der Waals surface area (Å²) in [6.45, 7) is 0.994. The smallest absolute Gasteiger partial charge is 0.251 e. The van der Waals surface area contributed by atoms with Crippen molar-refractivity contribution in [1.82, 2.24) is 5.32 Å². The molecule has 1 heterocycles. The number of rotatable bonds is 4. The van der Waals surface area contributed by atoms with E-state index in [1.54, 1.807) is 0 Å². The van der Waals surface area contributed by atoms with Gasteiger partial charge in [0.1, 0.15) is 0 Å². The highest BCUT2D eigenvalue weighted by atomic mass is 32.2. The quantitative estimate of drug-likeness (QED) is 0.875. The predicted octanol–water partition coefficient (Wildman–Crippen LogP) is 1.85. The van der Waals surface area contributed by atoms with Crippen LogP contribution in [0.4, 0.5) is 0 Å². The van der Waals surface area contributed by atoms with Gasteiger partial charge in [0.15, 0.2) is 0 Å². The number of hydrogen-bond acceptors (Lipinski definition) is 4. The summed E-state index contributed by atoms with van der Waals surface area (Å²) >= 11 is 3.94. The SMILES string of the molecule is NCCNC(=O)c1ccc(C2SCCS2)cc1. The molecule has 1 saturated heterocycles. The summed E-state index contributed by atoms with van der Waals surface area (Å²) < 4.78 is 0.538. The molecule has 3 N–H and O–H groups in total. The standard InChI is InChI=1S/C12H16N2OS2/c13-5-6-14-11(15)9-1-3-10(4-2-9)12-16-7-8-17-12/h1-4,12H,5-8,13H2,(H,14,15). The Hall–Kier alpha value is -0.650. The van der Waals surface area contributed by atoms with Crippen molar-refractivity contribution >= 4 is 29.4 Å². The first kappa shape index (κ1) is 12.8. The Labute approximate surface area is 110 Å². The third kappa shape index (κ3) is 3.40. The van der Waals surface area contributed by atoms with Crippen LogP contribution in [0.2, 0.25) is 0 Å². The maximum atomic E-state index is 11.7. The number of nitrogens with two attached hydrogens (primary N) is 1. The number of nitrogens with one attached hydrogen (secondary N) is 1. The minimum absolute atomic E-state index is 0.0475. The Morgan fingerprint density at radius 1 is 1.29 bits per heavy atom. The number of thioether (sulfide) groups is 2. The largest absolute Gasteiger partial charge is 0.351 e. The van der Waals surface area contributed by atoms with Crippen molar-refractivity contribution in [2.75, 3.05) is 24.6 Å². The summed E-state index contributed by atoms with van der Waals surface area (Å²) in [6.07, 6.45) is 0. The first-order valence-corrected chi connectivity index (χ1v) is 7.72. The van der Waals surface area contributed by atoms with Gasteiger partial charge >= 0.3 is 0 Å². The second kappa shape index (κ2) is 6.33. The second-order valence-electron chi connectivity index (χ2n) is 3.74. The third-order valence-corrected chi connectivity index (χ3v) is 5.60. The summed E-state index contributed by atoms with van der Waals surface area (Å²) in [5.41, 5.74) is 7.34. The average molecular weight is 268 g/mol. The van der Waals surface area contributed by atoms with Crippen molar-refractivity contribution in [2.45, 2.75) is 4.58 Å². The Morgan fingerprint density at radius 2 is 1.94 bits per heavy atom. The van der Waals surface area contributed by atoms with E-state index < -0.39 is 0 Å². The van der Waals surface area contributed by atoms with Gasteiger partial charge in [-0.15, -0.1) is 23.5 Å². The highest BCUT2D eigenvalue weighted by Crippen LogP contribution is 2.45. The van der Waals surface area contributed by atoms with Crippen LogP contribution in [0, 0.1) is 0 Å². The molecule has 3 nitrogen and oxygen atoms in total. The van der Waals surface area contributed by atoms with Crippen molar-refractivity contribution in [1.29, 1.82) is 0 Å². The number of carbonyl (C=O) groups excluding carboxylic acids is 1. The third-order valence-electron chi connectivity index (χ3n) is 2.50. The van der Waals surface area contributed by atoms with E-state index in [1.165, 1.54) is 17.1 Å². The fourth-order valence-corrected chi connectivity index (χ4v) is 4.49. The van der Waals surface area contributed by atoms with Gasteiger partial charge in [0.25, 0.3) is 5.91 Å². The van der Waals surface area contributed by atoms with Crippen molar-refractivity contribution < 1.29 is 4.79 Å². The molecule has 1 aromatic carbocycles. The van der Waals surface area contributed by atoms with E-state index in [0.717, 1.165) is 0 Å². The van der Waals surface area contributed by atoms with Gasteiger partial charge in [-0.3, -0.25) is 4.79 Å². The molecule has 1 amide bonds. The van der Waals surface area contributed by atoms with E-state index in [2.05, 4.69) is 5.32 Å². The van der Waals surface area contributed by atoms with Crippen molar-refractivity contribution in [3.63, 3.8) is 0 Å². The lowest BCUT2D eigenvalue weighted by atomic mass is 10.1. The molecule has 2 rings (SSSR count). The lowest BCUT2D eigenvalue weighted by Crippen LogP contribution is -2.28. The van der Waals surface area contributed by atoms with E-state index >= 15 is 0 Å². The molecule has 1 aliphatic rings. The molecular formula is C12H16N2OS2. The van der Waals surface area contributed by atoms with Crippen LogP contribution < -0.4 is 11.1 Å². The molecule has 0 unspecified atom stereocenters. The van der Waals surface area contributed by atoms with Gasteiger partial charge in [-0.2, -0.15) is 0 Å². The highest BCUT2D eigenvalue weighted by molar-refractivity contribution is 8.19. The number of carbonyl (C=O) groups is 1. The van der Waals surface area contributed by atoms with E-state index in [9.17, 15) is 4.79 Å². The summed E-state index contributed by atoms with van der Waals surface area (Å²) in [6, 6.07) is 7.88. The van der Waals surface area contributed by atoms with Gasteiger partial charge < -0.3 is 11.1 Å². The van der Waals surface area contributed by atoms with Gasteiger partial charge in [-0.25, -0.2) is 0 Å². The molecule has 0 spiro atoms. The molecule has 0 aliphatic carbocycles. The summed E-state index contributed by atoms with van der Waals surface area (Å²) in [5.74, 6) is 2.39. The van der Waals surface area contributed by atoms with Crippen LogP contribution in [0.15, 0.2) is 24.3 Å². The van der Waals surface area contributed by atoms with Gasteiger partial charge in [-0.1, -0.05) is 12.1 Å². The lowest BCUT2D eigenvalue weighted by molar-refractivity contribution is 0.0955. The van der Waals surface area contributed by atoms with Crippen LogP contribution in [-0.2, 0) is 0 Å². The molecule has 0 atom stereocenters. The first-order chi connectivity index (χ1) is 8.31. The normalized spacial score (nSPS) is 16.1. The van der Waals surface area contributed by atoms with E-state index in [-0.39, 0.29) is 5.91 Å². The molecule has 17 heavy (non-hydrogen) atoms. The van der Waals surface area contributed by atoms with E-state index in [0.29, 0.717) is 23.2 Å². The highest BCUT2D eigenvalue weighted by Gasteiger charge is 2.18. The Balaban J connectivity index is 1.99. The lowest BCUT2D eigenvalue weighted by Gasteiger charge is -2.09. The first-order valence-electron chi connectivity index (χ1n) is 5.62. The van der Waals surface area contributed by atoms with E-state index in [1.807, 2.05) is 47.8 Å². The van der Waals surface area contributed by atoms with Crippen LogP contribution >= 0.6 is 23.5 Å². The summed E-state index contributed by atoms with van der Waals surface area (Å²) in [7, 11) is 0. The zero-order chi connectivity index (χ0) is 12.1. The monoisotopic (exact) mass is 268 g/mol. The Kier molecular flexibility index (Phi) is 4.76. The zero-order valence-corrected chi connectivity index (χ0v) is 11.2. The van der Waals surface area contributed by atoms with Gasteiger partial charge in [0.2, 0.25) is 0 Å². The topological polar surface area (TPSA) is 55.1 Å². The molecule has 0 bridgehead atoms. The van der Waals surface area contributed by atoms with Crippen LogP contribution in [0.25, 0.3) is 0 Å². The van der Waals surface area contributed by atoms with E-state index in [4.69, 9.17) is 5.73 Å². The summed E-state index contributed by atoms with van der Waals surface area (Å²) in [5, 5.41) is 2.76. The van der Waals surface area contributed by atoms with Gasteiger partial charge in [0, 0.05) is 30.2 Å². The molecular weight excluding hydrogens is 252 g/mol. The van der Waals surface area contributed by atoms with Gasteiger partial charge in [-0.05, 0) is 17.7 Å². The number of hydrogen-bond donors (Lipinski definition) is 2. The molecule has 5 heteroatoms. The molecule has 0 aromatic heterocycles. The van der Waals surface area contributed by atoms with Crippen molar-refractivity contribution in [2.24, 2.45) is 5.73 Å². The van der Waals surface area contributed by atoms with Crippen LogP contribution in [0.5, 0.6) is 0 Å². The minimum atomic E-state index is -0.0475. The van der Waals surface area contributed by atoms with Crippen molar-refractivity contribution in [3.8, 4) is 0 Å². The molecule has 0 radical (unpaired) electrons. The van der Waals surface area contributed by atoms with Crippen LogP contribution in [0.3, 0.4) is 0 Å². The fourth-order valence-electron chi connectivity index (χ4n) is 1.63. The second-order valence-corrected chi connectivity index (χ2v) is 6.46. The number of benzene rings is 1. The Bertz CT molecular complexity index is 375. The minimum Gasteiger partial charge on any atom is -0.351 e.